The van der Waals surface area contributed by atoms with Crippen LogP contribution in [0.3, 0.4) is 0 Å². The van der Waals surface area contributed by atoms with Crippen molar-refractivity contribution in [3.63, 3.8) is 0 Å². The Bertz CT molecular complexity index is 1170. The number of carbonyl (C=O) groups is 1. The molecule has 0 aliphatic carbocycles. The molecule has 0 aromatic heterocycles. The first-order valence-electron chi connectivity index (χ1n) is 8.67. The quantitative estimate of drug-likeness (QED) is 0.702. The zero-order chi connectivity index (χ0) is 19.4. The molecule has 3 aromatic rings. The predicted molar refractivity (Wildman–Crippen MR) is 108 cm³/mol. The Morgan fingerprint density at radius 1 is 0.926 bits per heavy atom. The third kappa shape index (κ3) is 2.96. The summed E-state index contributed by atoms with van der Waals surface area (Å²) in [5.41, 5.74) is 2.75. The van der Waals surface area contributed by atoms with Gasteiger partial charge in [-0.25, -0.2) is 8.42 Å². The van der Waals surface area contributed by atoms with Crippen LogP contribution < -0.4 is 10.0 Å². The van der Waals surface area contributed by atoms with Crippen molar-refractivity contribution < 1.29 is 13.2 Å². The van der Waals surface area contributed by atoms with Crippen LogP contribution in [-0.2, 0) is 15.4 Å². The van der Waals surface area contributed by atoms with Crippen LogP contribution in [0.25, 0.3) is 10.8 Å². The van der Waals surface area contributed by atoms with Crippen LogP contribution >= 0.6 is 0 Å². The molecule has 0 atom stereocenters. The maximum atomic E-state index is 13.0. The molecule has 0 bridgehead atoms. The zero-order valence-electron chi connectivity index (χ0n) is 15.3. The molecule has 4 rings (SSSR count). The Hall–Kier alpha value is -2.86. The average Bonchev–Trinajstić information content (AvgIpc) is 2.92. The molecule has 27 heavy (non-hydrogen) atoms. The number of carbonyl (C=O) groups excluding carboxylic acids is 1. The zero-order valence-corrected chi connectivity index (χ0v) is 16.1. The number of nitrogens with one attached hydrogen (secondary N) is 2. The van der Waals surface area contributed by atoms with Crippen molar-refractivity contribution in [1.29, 1.82) is 0 Å². The molecule has 0 spiro atoms. The Balaban J connectivity index is 1.76. The molecule has 0 unspecified atom stereocenters. The first-order valence-corrected chi connectivity index (χ1v) is 10.2. The highest BCUT2D eigenvalue weighted by Gasteiger charge is 2.26. The number of rotatable bonds is 3. The summed E-state index contributed by atoms with van der Waals surface area (Å²) in [6.45, 7) is 6.32. The van der Waals surface area contributed by atoms with Gasteiger partial charge >= 0.3 is 0 Å². The summed E-state index contributed by atoms with van der Waals surface area (Å²) in [5, 5.41) is 3.94. The highest BCUT2D eigenvalue weighted by atomic mass is 32.2. The largest absolute Gasteiger partial charge is 0.321 e. The van der Waals surface area contributed by atoms with Crippen LogP contribution in [0.5, 0.6) is 0 Å². The molecule has 0 saturated carbocycles. The summed E-state index contributed by atoms with van der Waals surface area (Å²) >= 11 is 0. The van der Waals surface area contributed by atoms with Gasteiger partial charge in [0.2, 0.25) is 0 Å². The van der Waals surface area contributed by atoms with Gasteiger partial charge in [0.05, 0.1) is 4.90 Å². The number of benzene rings is 3. The van der Waals surface area contributed by atoms with E-state index < -0.39 is 10.0 Å². The fourth-order valence-electron chi connectivity index (χ4n) is 3.35. The van der Waals surface area contributed by atoms with E-state index in [1.165, 1.54) is 6.07 Å². The highest BCUT2D eigenvalue weighted by molar-refractivity contribution is 7.93. The summed E-state index contributed by atoms with van der Waals surface area (Å²) in [4.78, 5) is 12.2. The van der Waals surface area contributed by atoms with E-state index in [1.807, 2.05) is 12.1 Å². The van der Waals surface area contributed by atoms with Gasteiger partial charge in [0.15, 0.2) is 0 Å². The van der Waals surface area contributed by atoms with Crippen molar-refractivity contribution >= 4 is 38.1 Å². The fourth-order valence-corrected chi connectivity index (χ4v) is 4.61. The molecule has 6 heteroatoms. The topological polar surface area (TPSA) is 75.3 Å². The standard InChI is InChI=1S/C21H20N2O3S/c1-21(2,3)13-7-9-14(10-8-13)23-27(25,26)18-12-11-17-19-15(18)5-4-6-16(19)20(24)22-17/h4-12,23H,1-3H3,(H,22,24). The van der Waals surface area contributed by atoms with Crippen molar-refractivity contribution in [3.8, 4) is 0 Å². The van der Waals surface area contributed by atoms with Crippen molar-refractivity contribution in [1.82, 2.24) is 0 Å². The van der Waals surface area contributed by atoms with Gasteiger partial charge in [-0.2, -0.15) is 0 Å². The van der Waals surface area contributed by atoms with E-state index in [-0.39, 0.29) is 16.2 Å². The molecule has 0 saturated heterocycles. The summed E-state index contributed by atoms with van der Waals surface area (Å²) in [6, 6.07) is 15.7. The third-order valence-corrected chi connectivity index (χ3v) is 6.23. The third-order valence-electron chi connectivity index (χ3n) is 4.79. The predicted octanol–water partition coefficient (Wildman–Crippen LogP) is 4.50. The van der Waals surface area contributed by atoms with Gasteiger partial charge in [-0.15, -0.1) is 0 Å². The smallest absolute Gasteiger partial charge is 0.262 e. The van der Waals surface area contributed by atoms with E-state index in [9.17, 15) is 13.2 Å². The lowest BCUT2D eigenvalue weighted by molar-refractivity contribution is 0.103. The number of sulfonamides is 1. The summed E-state index contributed by atoms with van der Waals surface area (Å²) in [5.74, 6) is -0.212. The molecule has 1 aliphatic rings. The molecule has 1 heterocycles. The molecule has 0 radical (unpaired) electrons. The summed E-state index contributed by atoms with van der Waals surface area (Å²) in [7, 11) is -3.80. The van der Waals surface area contributed by atoms with Gasteiger partial charge in [0, 0.05) is 27.7 Å². The molecular formula is C21H20N2O3S. The molecule has 2 N–H and O–H groups in total. The second-order valence-corrected chi connectivity index (χ2v) is 9.38. The van der Waals surface area contributed by atoms with Crippen LogP contribution in [0, 0.1) is 0 Å². The van der Waals surface area contributed by atoms with E-state index in [1.54, 1.807) is 36.4 Å². The van der Waals surface area contributed by atoms with Crippen molar-refractivity contribution in [2.45, 2.75) is 31.1 Å². The average molecular weight is 380 g/mol. The van der Waals surface area contributed by atoms with E-state index in [0.717, 1.165) is 5.56 Å². The maximum absolute atomic E-state index is 13.0. The molecule has 1 aliphatic heterocycles. The number of amides is 1. The van der Waals surface area contributed by atoms with Gasteiger partial charge in [-0.3, -0.25) is 9.52 Å². The van der Waals surface area contributed by atoms with E-state index in [2.05, 4.69) is 30.8 Å². The first kappa shape index (κ1) is 17.5. The van der Waals surface area contributed by atoms with Crippen molar-refractivity contribution in [2.24, 2.45) is 0 Å². The van der Waals surface area contributed by atoms with Crippen LogP contribution in [0.15, 0.2) is 59.5 Å². The van der Waals surface area contributed by atoms with Gasteiger partial charge in [0.25, 0.3) is 15.9 Å². The minimum atomic E-state index is -3.80. The monoisotopic (exact) mass is 380 g/mol. The lowest BCUT2D eigenvalue weighted by Gasteiger charge is -2.19. The van der Waals surface area contributed by atoms with Gasteiger partial charge in [0.1, 0.15) is 0 Å². The molecule has 3 aromatic carbocycles. The molecule has 5 nitrogen and oxygen atoms in total. The normalized spacial score (nSPS) is 13.7. The lowest BCUT2D eigenvalue weighted by atomic mass is 9.87. The van der Waals surface area contributed by atoms with Crippen LogP contribution in [-0.4, -0.2) is 14.3 Å². The minimum Gasteiger partial charge on any atom is -0.321 e. The van der Waals surface area contributed by atoms with Crippen molar-refractivity contribution in [3.05, 3.63) is 65.7 Å². The summed E-state index contributed by atoms with van der Waals surface area (Å²) < 4.78 is 28.7. The van der Waals surface area contributed by atoms with E-state index in [0.29, 0.717) is 27.7 Å². The SMILES string of the molecule is CC(C)(C)c1ccc(NS(=O)(=O)c2ccc3c4c(cccc24)C(=O)N3)cc1. The second-order valence-electron chi connectivity index (χ2n) is 7.73. The van der Waals surface area contributed by atoms with E-state index >= 15 is 0 Å². The van der Waals surface area contributed by atoms with Crippen LogP contribution in [0.1, 0.15) is 36.7 Å². The maximum Gasteiger partial charge on any atom is 0.262 e. The Morgan fingerprint density at radius 2 is 1.63 bits per heavy atom. The molecular weight excluding hydrogens is 360 g/mol. The molecule has 138 valence electrons. The number of hydrogen-bond acceptors (Lipinski definition) is 3. The van der Waals surface area contributed by atoms with Crippen LogP contribution in [0.4, 0.5) is 11.4 Å². The number of anilines is 2. The summed E-state index contributed by atoms with van der Waals surface area (Å²) in [6.07, 6.45) is 0. The van der Waals surface area contributed by atoms with Crippen LogP contribution in [0.2, 0.25) is 0 Å². The van der Waals surface area contributed by atoms with Crippen molar-refractivity contribution in [2.75, 3.05) is 10.0 Å². The minimum absolute atomic E-state index is 0.00533. The second kappa shape index (κ2) is 5.82. The lowest BCUT2D eigenvalue weighted by Crippen LogP contribution is -2.14. The fraction of sp³-hybridized carbons (Fsp3) is 0.190. The number of hydrogen-bond donors (Lipinski definition) is 2. The Labute approximate surface area is 158 Å². The first-order chi connectivity index (χ1) is 12.7. The van der Waals surface area contributed by atoms with Gasteiger partial charge in [-0.1, -0.05) is 45.0 Å². The van der Waals surface area contributed by atoms with Gasteiger partial charge in [-0.05, 0) is 41.3 Å². The van der Waals surface area contributed by atoms with E-state index in [4.69, 9.17) is 0 Å². The highest BCUT2D eigenvalue weighted by Crippen LogP contribution is 2.37. The molecule has 0 fully saturated rings. The van der Waals surface area contributed by atoms with Gasteiger partial charge < -0.3 is 5.32 Å². The molecule has 1 amide bonds. The Kier molecular flexibility index (Phi) is 3.78. The Morgan fingerprint density at radius 3 is 2.30 bits per heavy atom.